The summed E-state index contributed by atoms with van der Waals surface area (Å²) in [7, 11) is 0. The minimum Gasteiger partial charge on any atom is -0.406 e. The van der Waals surface area contributed by atoms with Gasteiger partial charge in [0.2, 0.25) is 0 Å². The second kappa shape index (κ2) is 6.23. The third-order valence-electron chi connectivity index (χ3n) is 2.52. The topological polar surface area (TPSA) is 38.3 Å². The number of alkyl halides is 3. The first-order valence-corrected chi connectivity index (χ1v) is 6.24. The third-order valence-corrected chi connectivity index (χ3v) is 2.75. The maximum atomic E-state index is 13.5. The number of anilines is 1. The molecule has 0 atom stereocenters. The van der Waals surface area contributed by atoms with Crippen molar-refractivity contribution in [2.45, 2.75) is 6.36 Å². The van der Waals surface area contributed by atoms with E-state index in [2.05, 4.69) is 10.1 Å². The zero-order chi connectivity index (χ0) is 16.3. The Morgan fingerprint density at radius 3 is 2.32 bits per heavy atom. The molecule has 0 saturated carbocycles. The lowest BCUT2D eigenvalue weighted by atomic mass is 10.2. The second-order valence-corrected chi connectivity index (χ2v) is 4.59. The van der Waals surface area contributed by atoms with Gasteiger partial charge in [-0.2, -0.15) is 0 Å². The zero-order valence-corrected chi connectivity index (χ0v) is 11.5. The van der Waals surface area contributed by atoms with Crippen LogP contribution in [0.15, 0.2) is 42.5 Å². The van der Waals surface area contributed by atoms with E-state index >= 15 is 0 Å². The third kappa shape index (κ3) is 4.36. The van der Waals surface area contributed by atoms with Crippen LogP contribution in [0.2, 0.25) is 5.02 Å². The van der Waals surface area contributed by atoms with E-state index in [1.165, 1.54) is 18.2 Å². The molecule has 0 aromatic heterocycles. The van der Waals surface area contributed by atoms with Crippen LogP contribution >= 0.6 is 11.6 Å². The van der Waals surface area contributed by atoms with Crippen molar-refractivity contribution in [3.63, 3.8) is 0 Å². The standard InChI is InChI=1S/C14H8ClF4NO2/c15-8-1-6-12(16)11(7-8)13(21)20-9-2-4-10(5-3-9)22-14(17,18)19/h1-7H,(H,20,21). The molecule has 0 aliphatic carbocycles. The Kier molecular flexibility index (Phi) is 4.56. The fraction of sp³-hybridized carbons (Fsp3) is 0.0714. The first-order chi connectivity index (χ1) is 10.2. The van der Waals surface area contributed by atoms with Crippen molar-refractivity contribution in [1.82, 2.24) is 0 Å². The van der Waals surface area contributed by atoms with Crippen molar-refractivity contribution < 1.29 is 27.1 Å². The van der Waals surface area contributed by atoms with Gasteiger partial charge in [0.05, 0.1) is 5.56 Å². The SMILES string of the molecule is O=C(Nc1ccc(OC(F)(F)F)cc1)c1cc(Cl)ccc1F. The lowest BCUT2D eigenvalue weighted by molar-refractivity contribution is -0.274. The van der Waals surface area contributed by atoms with Gasteiger partial charge in [-0.25, -0.2) is 4.39 Å². The van der Waals surface area contributed by atoms with Crippen LogP contribution in [-0.2, 0) is 0 Å². The molecule has 8 heteroatoms. The van der Waals surface area contributed by atoms with Crippen LogP contribution in [0, 0.1) is 5.82 Å². The van der Waals surface area contributed by atoms with Crippen LogP contribution in [0.1, 0.15) is 10.4 Å². The summed E-state index contributed by atoms with van der Waals surface area (Å²) in [6.07, 6.45) is -4.80. The molecule has 2 rings (SSSR count). The van der Waals surface area contributed by atoms with E-state index in [1.54, 1.807) is 0 Å². The van der Waals surface area contributed by atoms with Crippen LogP contribution in [0.5, 0.6) is 5.75 Å². The normalized spacial score (nSPS) is 11.1. The predicted octanol–water partition coefficient (Wildman–Crippen LogP) is 4.63. The van der Waals surface area contributed by atoms with Crippen LogP contribution < -0.4 is 10.1 Å². The first-order valence-electron chi connectivity index (χ1n) is 5.87. The van der Waals surface area contributed by atoms with Gasteiger partial charge in [0.25, 0.3) is 5.91 Å². The van der Waals surface area contributed by atoms with Gasteiger partial charge in [-0.05, 0) is 42.5 Å². The molecule has 1 amide bonds. The molecule has 3 nitrogen and oxygen atoms in total. The van der Waals surface area contributed by atoms with Crippen LogP contribution in [-0.4, -0.2) is 12.3 Å². The number of halogens is 5. The van der Waals surface area contributed by atoms with E-state index in [9.17, 15) is 22.4 Å². The molecular weight excluding hydrogens is 326 g/mol. The highest BCUT2D eigenvalue weighted by molar-refractivity contribution is 6.31. The summed E-state index contributed by atoms with van der Waals surface area (Å²) >= 11 is 5.68. The molecule has 116 valence electrons. The molecule has 0 fully saturated rings. The quantitative estimate of drug-likeness (QED) is 0.832. The van der Waals surface area contributed by atoms with Gasteiger partial charge in [-0.15, -0.1) is 13.2 Å². The van der Waals surface area contributed by atoms with E-state index in [-0.39, 0.29) is 16.3 Å². The number of hydrogen-bond acceptors (Lipinski definition) is 2. The number of carbonyl (C=O) groups excluding carboxylic acids is 1. The average Bonchev–Trinajstić information content (AvgIpc) is 2.42. The molecule has 0 radical (unpaired) electrons. The minimum absolute atomic E-state index is 0.180. The lowest BCUT2D eigenvalue weighted by Crippen LogP contribution is -2.17. The Labute approximate surface area is 127 Å². The fourth-order valence-electron chi connectivity index (χ4n) is 1.61. The number of amides is 1. The van der Waals surface area contributed by atoms with Gasteiger partial charge in [-0.3, -0.25) is 4.79 Å². The smallest absolute Gasteiger partial charge is 0.406 e. The molecule has 0 spiro atoms. The Morgan fingerprint density at radius 2 is 1.73 bits per heavy atom. The molecule has 1 N–H and O–H groups in total. The summed E-state index contributed by atoms with van der Waals surface area (Å²) in [6.45, 7) is 0. The van der Waals surface area contributed by atoms with Crippen LogP contribution in [0.25, 0.3) is 0 Å². The summed E-state index contributed by atoms with van der Waals surface area (Å²) in [6, 6.07) is 7.92. The number of rotatable bonds is 3. The predicted molar refractivity (Wildman–Crippen MR) is 72.5 cm³/mol. The molecule has 0 unspecified atom stereocenters. The molecule has 0 bridgehead atoms. The van der Waals surface area contributed by atoms with Gasteiger partial charge in [0, 0.05) is 10.7 Å². The summed E-state index contributed by atoms with van der Waals surface area (Å²) in [4.78, 5) is 11.9. The summed E-state index contributed by atoms with van der Waals surface area (Å²) < 4.78 is 53.2. The largest absolute Gasteiger partial charge is 0.573 e. The number of hydrogen-bond donors (Lipinski definition) is 1. The van der Waals surface area contributed by atoms with Gasteiger partial charge < -0.3 is 10.1 Å². The van der Waals surface area contributed by atoms with E-state index in [0.717, 1.165) is 24.3 Å². The molecular formula is C14H8ClF4NO2. The number of carbonyl (C=O) groups is 1. The Hall–Kier alpha value is -2.28. The fourth-order valence-corrected chi connectivity index (χ4v) is 1.78. The van der Waals surface area contributed by atoms with Crippen molar-refractivity contribution in [2.75, 3.05) is 5.32 Å². The van der Waals surface area contributed by atoms with Crippen molar-refractivity contribution in [1.29, 1.82) is 0 Å². The lowest BCUT2D eigenvalue weighted by Gasteiger charge is -2.10. The maximum Gasteiger partial charge on any atom is 0.573 e. The van der Waals surface area contributed by atoms with E-state index < -0.39 is 23.8 Å². The minimum atomic E-state index is -4.80. The van der Waals surface area contributed by atoms with Crippen molar-refractivity contribution in [3.05, 3.63) is 58.9 Å². The van der Waals surface area contributed by atoms with Crippen LogP contribution in [0.3, 0.4) is 0 Å². The molecule has 0 heterocycles. The Morgan fingerprint density at radius 1 is 1.09 bits per heavy atom. The van der Waals surface area contributed by atoms with Crippen molar-refractivity contribution in [2.24, 2.45) is 0 Å². The van der Waals surface area contributed by atoms with Crippen LogP contribution in [0.4, 0.5) is 23.2 Å². The van der Waals surface area contributed by atoms with E-state index in [4.69, 9.17) is 11.6 Å². The number of ether oxygens (including phenoxy) is 1. The molecule has 2 aromatic carbocycles. The monoisotopic (exact) mass is 333 g/mol. The maximum absolute atomic E-state index is 13.5. The average molecular weight is 334 g/mol. The summed E-state index contributed by atoms with van der Waals surface area (Å²) in [5, 5.41) is 2.52. The zero-order valence-electron chi connectivity index (χ0n) is 10.7. The molecule has 22 heavy (non-hydrogen) atoms. The summed E-state index contributed by atoms with van der Waals surface area (Å²) in [5.41, 5.74) is -0.0954. The van der Waals surface area contributed by atoms with Gasteiger partial charge in [-0.1, -0.05) is 11.6 Å². The Bertz CT molecular complexity index is 686. The molecule has 2 aromatic rings. The second-order valence-electron chi connectivity index (χ2n) is 4.15. The molecule has 0 aliphatic rings. The van der Waals surface area contributed by atoms with Gasteiger partial charge in [0.15, 0.2) is 0 Å². The van der Waals surface area contributed by atoms with Crippen molar-refractivity contribution >= 4 is 23.2 Å². The van der Waals surface area contributed by atoms with E-state index in [1.807, 2.05) is 0 Å². The van der Waals surface area contributed by atoms with Crippen molar-refractivity contribution in [3.8, 4) is 5.75 Å². The number of benzene rings is 2. The molecule has 0 aliphatic heterocycles. The summed E-state index contributed by atoms with van der Waals surface area (Å²) in [5.74, 6) is -1.97. The van der Waals surface area contributed by atoms with E-state index in [0.29, 0.717) is 0 Å². The molecule has 0 saturated heterocycles. The van der Waals surface area contributed by atoms with Gasteiger partial charge >= 0.3 is 6.36 Å². The number of nitrogens with one attached hydrogen (secondary N) is 1. The van der Waals surface area contributed by atoms with Gasteiger partial charge in [0.1, 0.15) is 11.6 Å². The highest BCUT2D eigenvalue weighted by atomic mass is 35.5. The highest BCUT2D eigenvalue weighted by Gasteiger charge is 2.30. The highest BCUT2D eigenvalue weighted by Crippen LogP contribution is 2.24. The Balaban J connectivity index is 2.10. The first kappa shape index (κ1) is 16.1.